The molecule has 2 aromatic carbocycles. The zero-order valence-corrected chi connectivity index (χ0v) is 22.3. The number of rotatable bonds is 8. The number of hydrogen-bond donors (Lipinski definition) is 3. The Labute approximate surface area is 227 Å². The van der Waals surface area contributed by atoms with Gasteiger partial charge in [0.15, 0.2) is 5.82 Å². The van der Waals surface area contributed by atoms with Gasteiger partial charge in [-0.1, -0.05) is 36.4 Å². The Morgan fingerprint density at radius 3 is 2.49 bits per heavy atom. The number of nitrogens with one attached hydrogen (secondary N) is 2. The van der Waals surface area contributed by atoms with Crippen molar-refractivity contribution in [2.45, 2.75) is 37.8 Å². The maximum atomic E-state index is 13.0. The minimum Gasteiger partial charge on any atom is -0.457 e. The first-order valence-corrected chi connectivity index (χ1v) is 13.2. The lowest BCUT2D eigenvalue weighted by molar-refractivity contribution is -0.117. The fraction of sp³-hybridized carbons (Fsp3) is 0.300. The number of para-hydroxylation sites is 1. The average molecular weight is 527 g/mol. The normalized spacial score (nSPS) is 17.6. The molecule has 0 radical (unpaired) electrons. The van der Waals surface area contributed by atoms with Crippen LogP contribution in [0.3, 0.4) is 0 Å². The highest BCUT2D eigenvalue weighted by molar-refractivity contribution is 6.02. The van der Waals surface area contributed by atoms with Gasteiger partial charge in [-0.15, -0.1) is 0 Å². The molecule has 1 fully saturated rings. The molecular formula is C30H34N6O3. The van der Waals surface area contributed by atoms with Crippen LogP contribution in [0.4, 0.5) is 5.82 Å². The Hall–Kier alpha value is -4.37. The third kappa shape index (κ3) is 6.04. The van der Waals surface area contributed by atoms with E-state index in [-0.39, 0.29) is 29.4 Å². The fourth-order valence-corrected chi connectivity index (χ4v) is 5.19. The molecule has 1 saturated carbocycles. The lowest BCUT2D eigenvalue weighted by Gasteiger charge is -2.30. The third-order valence-electron chi connectivity index (χ3n) is 7.10. The molecule has 1 aliphatic carbocycles. The summed E-state index contributed by atoms with van der Waals surface area (Å²) in [6.45, 7) is 0.721. The van der Waals surface area contributed by atoms with Crippen LogP contribution in [-0.4, -0.2) is 52.3 Å². The van der Waals surface area contributed by atoms with Crippen molar-refractivity contribution in [3.05, 3.63) is 83.3 Å². The number of nitrogens with two attached hydrogens (primary N) is 1. The van der Waals surface area contributed by atoms with E-state index in [1.54, 1.807) is 6.08 Å². The number of amides is 1. The van der Waals surface area contributed by atoms with Crippen LogP contribution >= 0.6 is 0 Å². The van der Waals surface area contributed by atoms with Crippen LogP contribution in [0.1, 0.15) is 31.7 Å². The molecule has 0 atom stereocenters. The minimum absolute atomic E-state index is 0.0658. The number of benzene rings is 2. The van der Waals surface area contributed by atoms with E-state index >= 15 is 0 Å². The zero-order valence-electron chi connectivity index (χ0n) is 22.3. The van der Waals surface area contributed by atoms with Crippen molar-refractivity contribution in [3.8, 4) is 22.6 Å². The number of hydrogen-bond acceptors (Lipinski definition) is 6. The number of carbonyl (C=O) groups is 1. The average Bonchev–Trinajstić information content (AvgIpc) is 3.34. The van der Waals surface area contributed by atoms with Gasteiger partial charge in [-0.25, -0.2) is 5.10 Å². The quantitative estimate of drug-likeness (QED) is 0.291. The molecule has 0 unspecified atom stereocenters. The smallest absolute Gasteiger partial charge is 0.288 e. The number of carbonyl (C=O) groups excluding carboxylic acids is 1. The lowest BCUT2D eigenvalue weighted by Crippen LogP contribution is -2.37. The molecule has 9 heteroatoms. The van der Waals surface area contributed by atoms with Gasteiger partial charge >= 0.3 is 0 Å². The van der Waals surface area contributed by atoms with E-state index in [0.717, 1.165) is 54.9 Å². The summed E-state index contributed by atoms with van der Waals surface area (Å²) in [5.74, 6) is 1.70. The fourth-order valence-electron chi connectivity index (χ4n) is 5.19. The first-order valence-electron chi connectivity index (χ1n) is 13.2. The van der Waals surface area contributed by atoms with Crippen molar-refractivity contribution in [2.75, 3.05) is 26.4 Å². The molecular weight excluding hydrogens is 492 g/mol. The Balaban J connectivity index is 1.36. The highest BCUT2D eigenvalue weighted by atomic mass is 16.5. The summed E-state index contributed by atoms with van der Waals surface area (Å²) >= 11 is 0. The van der Waals surface area contributed by atoms with E-state index in [0.29, 0.717) is 10.9 Å². The first kappa shape index (κ1) is 26.2. The number of aromatic nitrogens is 3. The monoisotopic (exact) mass is 526 g/mol. The van der Waals surface area contributed by atoms with E-state index in [1.807, 2.05) is 90.4 Å². The second-order valence-electron chi connectivity index (χ2n) is 10.2. The number of H-pyrrole nitrogens is 1. The summed E-state index contributed by atoms with van der Waals surface area (Å²) in [5, 5.41) is 10.4. The van der Waals surface area contributed by atoms with E-state index in [2.05, 4.69) is 15.5 Å². The SMILES string of the molecule is CN(C)CC=CC(=O)NC1CCC(n2cc(-c3ccc(Oc4ccccc4)cc3)c3c(N)n[nH]c(=O)c32)CC1. The number of likely N-dealkylation sites (N-methyl/N-ethyl adjacent to an activating group) is 1. The summed E-state index contributed by atoms with van der Waals surface area (Å²) in [4.78, 5) is 27.3. The van der Waals surface area contributed by atoms with Crippen LogP contribution in [0, 0.1) is 0 Å². The van der Waals surface area contributed by atoms with Crippen LogP contribution < -0.4 is 21.3 Å². The van der Waals surface area contributed by atoms with Crippen LogP contribution in [0.2, 0.25) is 0 Å². The van der Waals surface area contributed by atoms with E-state index in [9.17, 15) is 9.59 Å². The minimum atomic E-state index is -0.268. The van der Waals surface area contributed by atoms with Gasteiger partial charge in [0.25, 0.3) is 5.56 Å². The third-order valence-corrected chi connectivity index (χ3v) is 7.10. The number of ether oxygens (including phenoxy) is 1. The highest BCUT2D eigenvalue weighted by Gasteiger charge is 2.27. The number of nitrogens with zero attached hydrogens (tertiary/aromatic N) is 3. The largest absolute Gasteiger partial charge is 0.457 e. The predicted molar refractivity (Wildman–Crippen MR) is 154 cm³/mol. The first-order chi connectivity index (χ1) is 18.9. The molecule has 4 aromatic rings. The van der Waals surface area contributed by atoms with Crippen molar-refractivity contribution >= 4 is 22.6 Å². The molecule has 9 nitrogen and oxygen atoms in total. The second kappa shape index (κ2) is 11.6. The van der Waals surface area contributed by atoms with Crippen molar-refractivity contribution < 1.29 is 9.53 Å². The lowest BCUT2D eigenvalue weighted by atomic mass is 9.91. The zero-order chi connectivity index (χ0) is 27.4. The van der Waals surface area contributed by atoms with Crippen LogP contribution in [0.5, 0.6) is 11.5 Å². The molecule has 2 aromatic heterocycles. The molecule has 39 heavy (non-hydrogen) atoms. The maximum absolute atomic E-state index is 13.0. The molecule has 5 rings (SSSR count). The Morgan fingerprint density at radius 2 is 1.79 bits per heavy atom. The Kier molecular flexibility index (Phi) is 7.79. The van der Waals surface area contributed by atoms with Gasteiger partial charge in [0.05, 0.1) is 5.39 Å². The second-order valence-corrected chi connectivity index (χ2v) is 10.2. The molecule has 0 saturated heterocycles. The summed E-state index contributed by atoms with van der Waals surface area (Å²) in [6, 6.07) is 17.6. The number of anilines is 1. The van der Waals surface area contributed by atoms with Crippen LogP contribution in [-0.2, 0) is 4.79 Å². The topological polar surface area (TPSA) is 118 Å². The van der Waals surface area contributed by atoms with Crippen LogP contribution in [0.25, 0.3) is 22.0 Å². The molecule has 0 bridgehead atoms. The molecule has 1 aliphatic rings. The van der Waals surface area contributed by atoms with Crippen LogP contribution in [0.15, 0.2) is 77.7 Å². The highest BCUT2D eigenvalue weighted by Crippen LogP contribution is 2.38. The standard InChI is InChI=1S/C30H34N6O3/c1-35(2)18-6-9-26(37)32-21-12-14-22(15-13-21)36-19-25(27-28(36)30(38)34-33-29(27)31)20-10-16-24(17-11-20)39-23-7-4-3-5-8-23/h3-11,16-17,19,21-22H,12-15,18H2,1-2H3,(H2,31,33)(H,32,37)(H,34,38). The molecule has 202 valence electrons. The van der Waals surface area contributed by atoms with Crippen molar-refractivity contribution in [1.82, 2.24) is 25.0 Å². The van der Waals surface area contributed by atoms with Gasteiger partial charge in [0.1, 0.15) is 17.0 Å². The van der Waals surface area contributed by atoms with Gasteiger partial charge in [0.2, 0.25) is 5.91 Å². The van der Waals surface area contributed by atoms with E-state index in [1.165, 1.54) is 0 Å². The number of aromatic amines is 1. The van der Waals surface area contributed by atoms with Gasteiger partial charge < -0.3 is 25.3 Å². The van der Waals surface area contributed by atoms with E-state index in [4.69, 9.17) is 10.5 Å². The Bertz CT molecular complexity index is 1510. The summed E-state index contributed by atoms with van der Waals surface area (Å²) in [6.07, 6.45) is 8.80. The van der Waals surface area contributed by atoms with Gasteiger partial charge in [-0.2, -0.15) is 5.10 Å². The van der Waals surface area contributed by atoms with Gasteiger partial charge in [-0.3, -0.25) is 9.59 Å². The van der Waals surface area contributed by atoms with Crippen molar-refractivity contribution in [2.24, 2.45) is 0 Å². The summed E-state index contributed by atoms with van der Waals surface area (Å²) < 4.78 is 7.98. The van der Waals surface area contributed by atoms with E-state index < -0.39 is 0 Å². The molecule has 0 spiro atoms. The predicted octanol–water partition coefficient (Wildman–Crippen LogP) is 4.48. The number of nitrogen functional groups attached to an aromatic ring is 1. The summed E-state index contributed by atoms with van der Waals surface area (Å²) in [7, 11) is 3.92. The molecule has 1 amide bonds. The van der Waals surface area contributed by atoms with Gasteiger partial charge in [0, 0.05) is 36.5 Å². The summed E-state index contributed by atoms with van der Waals surface area (Å²) in [5.41, 5.74) is 8.33. The van der Waals surface area contributed by atoms with Gasteiger partial charge in [-0.05, 0) is 69.6 Å². The molecule has 0 aliphatic heterocycles. The Morgan fingerprint density at radius 1 is 1.10 bits per heavy atom. The van der Waals surface area contributed by atoms with Crippen molar-refractivity contribution in [1.29, 1.82) is 0 Å². The maximum Gasteiger partial charge on any atom is 0.288 e. The molecule has 4 N–H and O–H groups in total. The number of fused-ring (bicyclic) bond motifs is 1. The molecule has 2 heterocycles. The van der Waals surface area contributed by atoms with Crippen molar-refractivity contribution in [3.63, 3.8) is 0 Å².